The van der Waals surface area contributed by atoms with E-state index in [0.717, 1.165) is 31.0 Å². The Kier molecular flexibility index (Phi) is 4.44. The summed E-state index contributed by atoms with van der Waals surface area (Å²) in [6.45, 7) is 0.733. The first-order valence-electron chi connectivity index (χ1n) is 5.82. The number of carbonyl (C=O) groups is 1. The largest absolute Gasteiger partial charge is 0.355 e. The first kappa shape index (κ1) is 12.4. The molecule has 0 spiro atoms. The number of nitrogens with zero attached hydrogens (tertiary/aromatic N) is 2. The number of hydrogen-bond donors (Lipinski definition) is 2. The number of amides is 1. The fourth-order valence-electron chi connectivity index (χ4n) is 1.79. The average molecular weight is 254 g/mol. The van der Waals surface area contributed by atoms with Gasteiger partial charge in [-0.15, -0.1) is 11.8 Å². The zero-order valence-electron chi connectivity index (χ0n) is 9.98. The number of rotatable bonds is 5. The van der Waals surface area contributed by atoms with Crippen molar-refractivity contribution < 1.29 is 4.79 Å². The van der Waals surface area contributed by atoms with E-state index in [0.29, 0.717) is 0 Å². The minimum absolute atomic E-state index is 0.00149. The molecule has 2 rings (SSSR count). The van der Waals surface area contributed by atoms with E-state index in [2.05, 4.69) is 15.7 Å². The zero-order chi connectivity index (χ0) is 12.1. The van der Waals surface area contributed by atoms with Gasteiger partial charge in [0.1, 0.15) is 0 Å². The van der Waals surface area contributed by atoms with Crippen molar-refractivity contribution in [3.63, 3.8) is 0 Å². The molecule has 1 amide bonds. The fourth-order valence-corrected chi connectivity index (χ4v) is 2.73. The molecule has 1 aliphatic rings. The smallest absolute Gasteiger partial charge is 0.238 e. The number of thioether (sulfide) groups is 1. The van der Waals surface area contributed by atoms with Crippen molar-refractivity contribution in [1.29, 1.82) is 0 Å². The summed E-state index contributed by atoms with van der Waals surface area (Å²) in [4.78, 5) is 11.7. The summed E-state index contributed by atoms with van der Waals surface area (Å²) in [5, 5.41) is 10.2. The zero-order valence-corrected chi connectivity index (χ0v) is 10.8. The van der Waals surface area contributed by atoms with Crippen LogP contribution < -0.4 is 10.6 Å². The summed E-state index contributed by atoms with van der Waals surface area (Å²) in [7, 11) is 1.91. The van der Waals surface area contributed by atoms with Crippen LogP contribution in [0, 0.1) is 0 Å². The predicted molar refractivity (Wildman–Crippen MR) is 68.8 cm³/mol. The lowest BCUT2D eigenvalue weighted by atomic mass is 10.2. The normalized spacial score (nSPS) is 19.5. The van der Waals surface area contributed by atoms with Gasteiger partial charge in [0, 0.05) is 31.4 Å². The van der Waals surface area contributed by atoms with Crippen LogP contribution in [-0.4, -0.2) is 39.9 Å². The van der Waals surface area contributed by atoms with Crippen LogP contribution in [0.25, 0.3) is 0 Å². The first-order chi connectivity index (χ1) is 8.25. The van der Waals surface area contributed by atoms with Gasteiger partial charge in [-0.1, -0.05) is 0 Å². The van der Waals surface area contributed by atoms with Gasteiger partial charge in [0.15, 0.2) is 0 Å². The van der Waals surface area contributed by atoms with Crippen LogP contribution in [0.4, 0.5) is 0 Å². The van der Waals surface area contributed by atoms with E-state index in [1.807, 2.05) is 19.4 Å². The summed E-state index contributed by atoms with van der Waals surface area (Å²) in [5.74, 6) is 1.89. The highest BCUT2D eigenvalue weighted by molar-refractivity contribution is 7.99. The van der Waals surface area contributed by atoms with Gasteiger partial charge >= 0.3 is 0 Å². The van der Waals surface area contributed by atoms with Crippen LogP contribution in [0.1, 0.15) is 12.0 Å². The third kappa shape index (κ3) is 3.74. The quantitative estimate of drug-likeness (QED) is 0.733. The van der Waals surface area contributed by atoms with Gasteiger partial charge in [0.05, 0.1) is 12.2 Å². The molecule has 1 atom stereocenters. The second-order valence-corrected chi connectivity index (χ2v) is 5.22. The molecule has 6 heteroatoms. The topological polar surface area (TPSA) is 59.0 Å². The highest BCUT2D eigenvalue weighted by Gasteiger charge is 2.21. The SMILES string of the molecule is Cn1cc(CCCNC(=O)C2CSCN2)cn1. The Balaban J connectivity index is 1.61. The lowest BCUT2D eigenvalue weighted by Crippen LogP contribution is -2.42. The van der Waals surface area contributed by atoms with E-state index in [-0.39, 0.29) is 11.9 Å². The van der Waals surface area contributed by atoms with Gasteiger partial charge in [-0.25, -0.2) is 0 Å². The van der Waals surface area contributed by atoms with Gasteiger partial charge < -0.3 is 5.32 Å². The van der Waals surface area contributed by atoms with Gasteiger partial charge in [-0.2, -0.15) is 5.10 Å². The number of aromatic nitrogens is 2. The van der Waals surface area contributed by atoms with Crippen molar-refractivity contribution in [1.82, 2.24) is 20.4 Å². The Morgan fingerprint density at radius 1 is 1.76 bits per heavy atom. The van der Waals surface area contributed by atoms with Crippen molar-refractivity contribution in [2.45, 2.75) is 18.9 Å². The molecule has 0 aliphatic carbocycles. The summed E-state index contributed by atoms with van der Waals surface area (Å²) in [5.41, 5.74) is 1.22. The third-order valence-corrected chi connectivity index (χ3v) is 3.67. The highest BCUT2D eigenvalue weighted by atomic mass is 32.2. The molecule has 0 radical (unpaired) electrons. The maximum atomic E-state index is 11.7. The summed E-state index contributed by atoms with van der Waals surface area (Å²) < 4.78 is 1.80. The molecular formula is C11H18N4OS. The minimum atomic E-state index is -0.00149. The third-order valence-electron chi connectivity index (χ3n) is 2.73. The fraction of sp³-hybridized carbons (Fsp3) is 0.636. The summed E-state index contributed by atoms with van der Waals surface area (Å²) >= 11 is 1.77. The van der Waals surface area contributed by atoms with E-state index >= 15 is 0 Å². The molecule has 94 valence electrons. The second-order valence-electron chi connectivity index (χ2n) is 4.19. The standard InChI is InChI=1S/C11H18N4OS/c1-15-6-9(5-14-15)3-2-4-12-11(16)10-7-17-8-13-10/h5-6,10,13H,2-4,7-8H2,1H3,(H,12,16). The molecule has 2 heterocycles. The predicted octanol–water partition coefficient (Wildman–Crippen LogP) is 0.131. The Bertz CT molecular complexity index is 373. The van der Waals surface area contributed by atoms with E-state index in [9.17, 15) is 4.79 Å². The lowest BCUT2D eigenvalue weighted by Gasteiger charge is -2.09. The van der Waals surface area contributed by atoms with Gasteiger partial charge in [-0.05, 0) is 18.4 Å². The summed E-state index contributed by atoms with van der Waals surface area (Å²) in [6, 6.07) is -0.00149. The van der Waals surface area contributed by atoms with Crippen LogP contribution in [-0.2, 0) is 18.3 Å². The molecule has 5 nitrogen and oxygen atoms in total. The van der Waals surface area contributed by atoms with Gasteiger partial charge in [-0.3, -0.25) is 14.8 Å². The van der Waals surface area contributed by atoms with Crippen LogP contribution in [0.2, 0.25) is 0 Å². The van der Waals surface area contributed by atoms with Crippen molar-refractivity contribution >= 4 is 17.7 Å². The van der Waals surface area contributed by atoms with Crippen molar-refractivity contribution in [2.75, 3.05) is 18.2 Å². The molecule has 1 unspecified atom stereocenters. The van der Waals surface area contributed by atoms with Crippen LogP contribution in [0.15, 0.2) is 12.4 Å². The molecule has 2 N–H and O–H groups in total. The Labute approximate surface area is 105 Å². The number of carbonyl (C=O) groups excluding carboxylic acids is 1. The Hall–Kier alpha value is -1.01. The molecule has 1 saturated heterocycles. The molecule has 1 aromatic rings. The highest BCUT2D eigenvalue weighted by Crippen LogP contribution is 2.09. The van der Waals surface area contributed by atoms with Crippen LogP contribution >= 0.6 is 11.8 Å². The molecule has 17 heavy (non-hydrogen) atoms. The Morgan fingerprint density at radius 3 is 3.29 bits per heavy atom. The first-order valence-corrected chi connectivity index (χ1v) is 6.97. The molecule has 1 fully saturated rings. The van der Waals surface area contributed by atoms with Crippen molar-refractivity contribution in [3.8, 4) is 0 Å². The molecule has 0 saturated carbocycles. The second kappa shape index (κ2) is 6.07. The number of nitrogens with one attached hydrogen (secondary N) is 2. The van der Waals surface area contributed by atoms with Crippen LogP contribution in [0.5, 0.6) is 0 Å². The Morgan fingerprint density at radius 2 is 2.65 bits per heavy atom. The maximum absolute atomic E-state index is 11.7. The maximum Gasteiger partial charge on any atom is 0.238 e. The van der Waals surface area contributed by atoms with Gasteiger partial charge in [0.25, 0.3) is 0 Å². The number of aryl methyl sites for hydroxylation is 2. The molecule has 1 aliphatic heterocycles. The monoisotopic (exact) mass is 254 g/mol. The molecular weight excluding hydrogens is 236 g/mol. The molecule has 0 aromatic carbocycles. The van der Waals surface area contributed by atoms with E-state index < -0.39 is 0 Å². The molecule has 1 aromatic heterocycles. The van der Waals surface area contributed by atoms with Crippen LogP contribution in [0.3, 0.4) is 0 Å². The van der Waals surface area contributed by atoms with Gasteiger partial charge in [0.2, 0.25) is 5.91 Å². The van der Waals surface area contributed by atoms with E-state index in [1.165, 1.54) is 5.56 Å². The lowest BCUT2D eigenvalue weighted by molar-refractivity contribution is -0.122. The average Bonchev–Trinajstić information content (AvgIpc) is 2.95. The molecule has 0 bridgehead atoms. The van der Waals surface area contributed by atoms with Crippen molar-refractivity contribution in [2.24, 2.45) is 7.05 Å². The van der Waals surface area contributed by atoms with Crippen molar-refractivity contribution in [3.05, 3.63) is 18.0 Å². The van der Waals surface area contributed by atoms with E-state index in [4.69, 9.17) is 0 Å². The minimum Gasteiger partial charge on any atom is -0.355 e. The summed E-state index contributed by atoms with van der Waals surface area (Å²) in [6.07, 6.45) is 5.80. The number of hydrogen-bond acceptors (Lipinski definition) is 4. The van der Waals surface area contributed by atoms with E-state index in [1.54, 1.807) is 16.4 Å².